The standard InChI is InChI=1S/C27H25Cl2NO7/c1-35-21(32)13-20-24(27(34)37-3)25(22-17(28)9-6-10-18(22)29)23(26(33)36-2)19(30-20)12-11-15-7-4-5-8-16(15)14-31/h4-10,14,25,30H,11-13H2,1-3H3. The van der Waals surface area contributed by atoms with Gasteiger partial charge in [-0.25, -0.2) is 9.59 Å². The van der Waals surface area contributed by atoms with Gasteiger partial charge in [-0.1, -0.05) is 53.5 Å². The summed E-state index contributed by atoms with van der Waals surface area (Å²) in [6.07, 6.45) is 1.03. The van der Waals surface area contributed by atoms with Gasteiger partial charge in [-0.3, -0.25) is 9.59 Å². The number of rotatable bonds is 9. The van der Waals surface area contributed by atoms with Gasteiger partial charge >= 0.3 is 17.9 Å². The average molecular weight is 546 g/mol. The molecule has 2 aromatic carbocycles. The van der Waals surface area contributed by atoms with Crippen LogP contribution in [0.15, 0.2) is 65.0 Å². The minimum Gasteiger partial charge on any atom is -0.469 e. The zero-order valence-electron chi connectivity index (χ0n) is 20.4. The van der Waals surface area contributed by atoms with Crippen molar-refractivity contribution in [1.29, 1.82) is 0 Å². The number of ether oxygens (including phenoxy) is 3. The number of carbonyl (C=O) groups is 4. The zero-order chi connectivity index (χ0) is 27.1. The van der Waals surface area contributed by atoms with E-state index < -0.39 is 23.8 Å². The van der Waals surface area contributed by atoms with Crippen molar-refractivity contribution in [3.8, 4) is 0 Å². The highest BCUT2D eigenvalue weighted by Crippen LogP contribution is 2.45. The van der Waals surface area contributed by atoms with E-state index in [1.807, 2.05) is 0 Å². The Balaban J connectivity index is 2.28. The molecule has 0 saturated heterocycles. The fourth-order valence-electron chi connectivity index (χ4n) is 4.28. The van der Waals surface area contributed by atoms with Crippen LogP contribution in [0.25, 0.3) is 0 Å². The molecule has 1 unspecified atom stereocenters. The monoisotopic (exact) mass is 545 g/mol. The van der Waals surface area contributed by atoms with Gasteiger partial charge in [0.2, 0.25) is 0 Å². The highest BCUT2D eigenvalue weighted by molar-refractivity contribution is 6.36. The Morgan fingerprint density at radius 2 is 1.43 bits per heavy atom. The molecular weight excluding hydrogens is 521 g/mol. The molecular formula is C27H25Cl2NO7. The Hall–Kier alpha value is -3.62. The van der Waals surface area contributed by atoms with Crippen molar-refractivity contribution in [2.45, 2.75) is 25.2 Å². The molecule has 0 radical (unpaired) electrons. The molecule has 0 aromatic heterocycles. The Kier molecular flexibility index (Phi) is 9.49. The third-order valence-corrected chi connectivity index (χ3v) is 6.66. The molecule has 3 rings (SSSR count). The van der Waals surface area contributed by atoms with Gasteiger partial charge in [0.1, 0.15) is 6.29 Å². The molecule has 0 aliphatic carbocycles. The largest absolute Gasteiger partial charge is 0.469 e. The van der Waals surface area contributed by atoms with Gasteiger partial charge in [-0.05, 0) is 30.5 Å². The molecule has 1 heterocycles. The summed E-state index contributed by atoms with van der Waals surface area (Å²) in [6.45, 7) is 0. The first-order valence-electron chi connectivity index (χ1n) is 11.2. The van der Waals surface area contributed by atoms with Gasteiger partial charge in [-0.2, -0.15) is 0 Å². The van der Waals surface area contributed by atoms with Crippen molar-refractivity contribution >= 4 is 47.4 Å². The lowest BCUT2D eigenvalue weighted by atomic mass is 9.78. The lowest BCUT2D eigenvalue weighted by molar-refractivity contribution is -0.139. The Morgan fingerprint density at radius 1 is 0.838 bits per heavy atom. The van der Waals surface area contributed by atoms with E-state index in [1.165, 1.54) is 21.3 Å². The summed E-state index contributed by atoms with van der Waals surface area (Å²) in [7, 11) is 3.62. The number of halogens is 2. The first-order valence-corrected chi connectivity index (χ1v) is 12.0. The fraction of sp³-hybridized carbons (Fsp3) is 0.259. The maximum Gasteiger partial charge on any atom is 0.336 e. The van der Waals surface area contributed by atoms with E-state index in [0.29, 0.717) is 17.7 Å². The van der Waals surface area contributed by atoms with Crippen LogP contribution in [0.2, 0.25) is 10.0 Å². The number of carbonyl (C=O) groups excluding carboxylic acids is 4. The van der Waals surface area contributed by atoms with Crippen molar-refractivity contribution in [3.05, 3.63) is 91.7 Å². The van der Waals surface area contributed by atoms with E-state index >= 15 is 0 Å². The summed E-state index contributed by atoms with van der Waals surface area (Å²) >= 11 is 13.1. The predicted octanol–water partition coefficient (Wildman–Crippen LogP) is 4.54. The van der Waals surface area contributed by atoms with E-state index in [2.05, 4.69) is 5.32 Å². The van der Waals surface area contributed by atoms with Gasteiger partial charge in [0.25, 0.3) is 0 Å². The van der Waals surface area contributed by atoms with E-state index in [0.717, 1.165) is 11.8 Å². The quantitative estimate of drug-likeness (QED) is 0.278. The van der Waals surface area contributed by atoms with Gasteiger partial charge < -0.3 is 19.5 Å². The second kappa shape index (κ2) is 12.6. The minimum absolute atomic E-state index is 0.0275. The number of nitrogens with one attached hydrogen (secondary N) is 1. The number of dihydropyridines is 1. The van der Waals surface area contributed by atoms with Crippen LogP contribution < -0.4 is 5.32 Å². The van der Waals surface area contributed by atoms with E-state index in [1.54, 1.807) is 42.5 Å². The molecule has 1 aliphatic heterocycles. The maximum atomic E-state index is 13.2. The first-order chi connectivity index (χ1) is 17.8. The third kappa shape index (κ3) is 6.03. The van der Waals surface area contributed by atoms with Crippen LogP contribution in [0.4, 0.5) is 0 Å². The van der Waals surface area contributed by atoms with Crippen LogP contribution in [0, 0.1) is 0 Å². The van der Waals surface area contributed by atoms with Crippen LogP contribution >= 0.6 is 23.2 Å². The summed E-state index contributed by atoms with van der Waals surface area (Å²) in [4.78, 5) is 50.2. The predicted molar refractivity (Wildman–Crippen MR) is 137 cm³/mol. The molecule has 8 nitrogen and oxygen atoms in total. The van der Waals surface area contributed by atoms with E-state index in [4.69, 9.17) is 37.4 Å². The molecule has 1 aliphatic rings. The summed E-state index contributed by atoms with van der Waals surface area (Å²) in [5.74, 6) is -3.26. The van der Waals surface area contributed by atoms with Gasteiger partial charge in [-0.15, -0.1) is 0 Å². The average Bonchev–Trinajstić information content (AvgIpc) is 2.90. The SMILES string of the molecule is COC(=O)CC1=C(C(=O)OC)C(c2c(Cl)cccc2Cl)C(C(=O)OC)=C(CCc2ccccc2C=O)N1. The fourth-order valence-corrected chi connectivity index (χ4v) is 4.89. The smallest absolute Gasteiger partial charge is 0.336 e. The van der Waals surface area contributed by atoms with Crippen LogP contribution in [0.3, 0.4) is 0 Å². The Bertz CT molecular complexity index is 1280. The van der Waals surface area contributed by atoms with Crippen molar-refractivity contribution in [2.24, 2.45) is 0 Å². The molecule has 0 spiro atoms. The summed E-state index contributed by atoms with van der Waals surface area (Å²) in [5.41, 5.74) is 2.13. The lowest BCUT2D eigenvalue weighted by Gasteiger charge is -2.33. The van der Waals surface area contributed by atoms with Crippen LogP contribution in [0.1, 0.15) is 40.2 Å². The number of methoxy groups -OCH3 is 3. The number of aldehydes is 1. The zero-order valence-corrected chi connectivity index (χ0v) is 21.9. The van der Waals surface area contributed by atoms with Crippen LogP contribution in [-0.4, -0.2) is 45.5 Å². The number of aryl methyl sites for hydroxylation is 1. The maximum absolute atomic E-state index is 13.2. The third-order valence-electron chi connectivity index (χ3n) is 6.00. The molecule has 2 aromatic rings. The summed E-state index contributed by atoms with van der Waals surface area (Å²) < 4.78 is 15.0. The van der Waals surface area contributed by atoms with Crippen molar-refractivity contribution in [2.75, 3.05) is 21.3 Å². The number of hydrogen-bond donors (Lipinski definition) is 1. The second-order valence-corrected chi connectivity index (χ2v) is 8.84. The molecule has 0 saturated carbocycles. The van der Waals surface area contributed by atoms with Crippen LogP contribution in [-0.2, 0) is 35.0 Å². The molecule has 194 valence electrons. The van der Waals surface area contributed by atoms with Gasteiger partial charge in [0.15, 0.2) is 0 Å². The lowest BCUT2D eigenvalue weighted by Crippen LogP contribution is -2.35. The van der Waals surface area contributed by atoms with E-state index in [-0.39, 0.29) is 45.3 Å². The minimum atomic E-state index is -1.11. The molecule has 10 heteroatoms. The summed E-state index contributed by atoms with van der Waals surface area (Å²) in [5, 5.41) is 3.48. The molecule has 37 heavy (non-hydrogen) atoms. The number of benzene rings is 2. The highest BCUT2D eigenvalue weighted by Gasteiger charge is 2.41. The molecule has 0 fully saturated rings. The normalized spacial score (nSPS) is 15.1. The van der Waals surface area contributed by atoms with Gasteiger partial charge in [0, 0.05) is 32.6 Å². The Morgan fingerprint density at radius 3 is 2.00 bits per heavy atom. The number of hydrogen-bond acceptors (Lipinski definition) is 8. The first kappa shape index (κ1) is 28.0. The van der Waals surface area contributed by atoms with Crippen LogP contribution in [0.5, 0.6) is 0 Å². The number of esters is 3. The number of allylic oxidation sites excluding steroid dienone is 1. The molecule has 1 N–H and O–H groups in total. The van der Waals surface area contributed by atoms with E-state index in [9.17, 15) is 19.2 Å². The van der Waals surface area contributed by atoms with Crippen molar-refractivity contribution < 1.29 is 33.4 Å². The molecule has 0 amide bonds. The highest BCUT2D eigenvalue weighted by atomic mass is 35.5. The second-order valence-electron chi connectivity index (χ2n) is 8.03. The summed E-state index contributed by atoms with van der Waals surface area (Å²) in [6, 6.07) is 11.8. The topological polar surface area (TPSA) is 108 Å². The van der Waals surface area contributed by atoms with Crippen molar-refractivity contribution in [1.82, 2.24) is 5.32 Å². The van der Waals surface area contributed by atoms with Gasteiger partial charge in [0.05, 0.1) is 44.8 Å². The van der Waals surface area contributed by atoms with Crippen molar-refractivity contribution in [3.63, 3.8) is 0 Å². The Labute approximate surface area is 224 Å². The molecule has 1 atom stereocenters. The molecule has 0 bridgehead atoms.